The fraction of sp³-hybridized carbons (Fsp3) is 0.154. The van der Waals surface area contributed by atoms with E-state index in [4.69, 9.17) is 16.3 Å². The SMILES string of the molecule is COC(=O)c1cc2c3cc(Cl)ccc3n(C)c2s1. The van der Waals surface area contributed by atoms with Crippen molar-refractivity contribution >= 4 is 50.0 Å². The molecule has 0 amide bonds. The van der Waals surface area contributed by atoms with E-state index in [1.54, 1.807) is 0 Å². The zero-order valence-corrected chi connectivity index (χ0v) is 11.4. The lowest BCUT2D eigenvalue weighted by Gasteiger charge is -1.97. The highest BCUT2D eigenvalue weighted by Crippen LogP contribution is 2.35. The summed E-state index contributed by atoms with van der Waals surface area (Å²) in [5, 5.41) is 2.80. The minimum atomic E-state index is -0.300. The van der Waals surface area contributed by atoms with Gasteiger partial charge in [0.15, 0.2) is 0 Å². The molecule has 0 radical (unpaired) electrons. The number of methoxy groups -OCH3 is 1. The van der Waals surface area contributed by atoms with Crippen molar-refractivity contribution in [1.29, 1.82) is 0 Å². The Labute approximate surface area is 113 Å². The molecule has 0 spiro atoms. The molecular formula is C13H10ClNO2S. The lowest BCUT2D eigenvalue weighted by Crippen LogP contribution is -1.97. The lowest BCUT2D eigenvalue weighted by molar-refractivity contribution is 0.0606. The predicted molar refractivity (Wildman–Crippen MR) is 74.7 cm³/mol. The zero-order chi connectivity index (χ0) is 12.9. The third-order valence-corrected chi connectivity index (χ3v) is 4.44. The van der Waals surface area contributed by atoms with Gasteiger partial charge in [-0.3, -0.25) is 0 Å². The number of fused-ring (bicyclic) bond motifs is 3. The van der Waals surface area contributed by atoms with Gasteiger partial charge in [0.2, 0.25) is 0 Å². The van der Waals surface area contributed by atoms with Crippen molar-refractivity contribution in [1.82, 2.24) is 4.57 Å². The fourth-order valence-electron chi connectivity index (χ4n) is 2.15. The Bertz CT molecular complexity index is 772. The average molecular weight is 280 g/mol. The first-order valence-electron chi connectivity index (χ1n) is 5.37. The molecule has 3 nitrogen and oxygen atoms in total. The van der Waals surface area contributed by atoms with Gasteiger partial charge in [-0.05, 0) is 24.3 Å². The zero-order valence-electron chi connectivity index (χ0n) is 9.86. The van der Waals surface area contributed by atoms with Crippen LogP contribution < -0.4 is 0 Å². The van der Waals surface area contributed by atoms with Crippen molar-refractivity contribution in [3.63, 3.8) is 0 Å². The van der Waals surface area contributed by atoms with E-state index in [9.17, 15) is 4.79 Å². The lowest BCUT2D eigenvalue weighted by atomic mass is 10.2. The van der Waals surface area contributed by atoms with E-state index in [2.05, 4.69) is 4.57 Å². The van der Waals surface area contributed by atoms with Crippen LogP contribution in [-0.2, 0) is 11.8 Å². The summed E-state index contributed by atoms with van der Waals surface area (Å²) in [5.41, 5.74) is 1.11. The number of halogens is 1. The molecule has 2 heterocycles. The van der Waals surface area contributed by atoms with E-state index in [1.165, 1.54) is 18.4 Å². The van der Waals surface area contributed by atoms with E-state index in [0.29, 0.717) is 9.90 Å². The molecule has 0 atom stereocenters. The van der Waals surface area contributed by atoms with E-state index < -0.39 is 0 Å². The van der Waals surface area contributed by atoms with E-state index in [0.717, 1.165) is 21.1 Å². The van der Waals surface area contributed by atoms with Crippen LogP contribution in [0.4, 0.5) is 0 Å². The summed E-state index contributed by atoms with van der Waals surface area (Å²) in [6.45, 7) is 0. The minimum Gasteiger partial charge on any atom is -0.465 e. The van der Waals surface area contributed by atoms with Crippen molar-refractivity contribution in [3.05, 3.63) is 34.2 Å². The Morgan fingerprint density at radius 3 is 2.83 bits per heavy atom. The van der Waals surface area contributed by atoms with E-state index in [-0.39, 0.29) is 5.97 Å². The standard InChI is InChI=1S/C13H10ClNO2S/c1-15-10-4-3-7(14)5-8(10)9-6-11(13(16)17-2)18-12(9)15/h3-6H,1-2H3. The minimum absolute atomic E-state index is 0.300. The van der Waals surface area contributed by atoms with Gasteiger partial charge in [0.05, 0.1) is 7.11 Å². The molecular weight excluding hydrogens is 270 g/mol. The van der Waals surface area contributed by atoms with Crippen LogP contribution in [0.5, 0.6) is 0 Å². The summed E-state index contributed by atoms with van der Waals surface area (Å²) in [7, 11) is 3.37. The first-order chi connectivity index (χ1) is 8.61. The van der Waals surface area contributed by atoms with Crippen LogP contribution in [0.3, 0.4) is 0 Å². The van der Waals surface area contributed by atoms with Crippen molar-refractivity contribution in [3.8, 4) is 0 Å². The van der Waals surface area contributed by atoms with Gasteiger partial charge in [-0.2, -0.15) is 0 Å². The van der Waals surface area contributed by atoms with Crippen molar-refractivity contribution in [2.45, 2.75) is 0 Å². The van der Waals surface area contributed by atoms with Crippen molar-refractivity contribution < 1.29 is 9.53 Å². The number of benzene rings is 1. The Morgan fingerprint density at radius 1 is 1.33 bits per heavy atom. The van der Waals surface area contributed by atoms with E-state index >= 15 is 0 Å². The van der Waals surface area contributed by atoms with Gasteiger partial charge in [-0.1, -0.05) is 11.6 Å². The largest absolute Gasteiger partial charge is 0.465 e. The molecule has 0 saturated carbocycles. The van der Waals surface area contributed by atoms with Crippen LogP contribution in [0.2, 0.25) is 5.02 Å². The van der Waals surface area contributed by atoms with Crippen LogP contribution in [0.1, 0.15) is 9.67 Å². The molecule has 0 saturated heterocycles. The second kappa shape index (κ2) is 4.00. The maximum Gasteiger partial charge on any atom is 0.348 e. The normalized spacial score (nSPS) is 11.3. The van der Waals surface area contributed by atoms with Gasteiger partial charge < -0.3 is 9.30 Å². The molecule has 92 valence electrons. The second-order valence-corrected chi connectivity index (χ2v) is 5.51. The highest BCUT2D eigenvalue weighted by molar-refractivity contribution is 7.20. The van der Waals surface area contributed by atoms with Gasteiger partial charge in [-0.15, -0.1) is 11.3 Å². The monoisotopic (exact) mass is 279 g/mol. The molecule has 3 aromatic rings. The highest BCUT2D eigenvalue weighted by atomic mass is 35.5. The molecule has 5 heteroatoms. The maximum absolute atomic E-state index is 11.5. The van der Waals surface area contributed by atoms with Crippen LogP contribution in [-0.4, -0.2) is 17.6 Å². The number of rotatable bonds is 1. The molecule has 3 rings (SSSR count). The summed E-state index contributed by atoms with van der Waals surface area (Å²) in [4.78, 5) is 13.2. The number of aromatic nitrogens is 1. The number of thiophene rings is 1. The first kappa shape index (κ1) is 11.6. The van der Waals surface area contributed by atoms with Crippen LogP contribution in [0.25, 0.3) is 21.1 Å². The summed E-state index contributed by atoms with van der Waals surface area (Å²) in [5.74, 6) is -0.300. The number of carbonyl (C=O) groups excluding carboxylic acids is 1. The van der Waals surface area contributed by atoms with Crippen molar-refractivity contribution in [2.24, 2.45) is 7.05 Å². The summed E-state index contributed by atoms with van der Waals surface area (Å²) in [6, 6.07) is 7.65. The van der Waals surface area contributed by atoms with Gasteiger partial charge in [0, 0.05) is 28.4 Å². The van der Waals surface area contributed by atoms with E-state index in [1.807, 2.05) is 31.3 Å². The van der Waals surface area contributed by atoms with Crippen LogP contribution in [0.15, 0.2) is 24.3 Å². The molecule has 0 aliphatic heterocycles. The number of hydrogen-bond acceptors (Lipinski definition) is 3. The number of esters is 1. The number of nitrogens with zero attached hydrogens (tertiary/aromatic N) is 1. The Balaban J connectivity index is 2.38. The van der Waals surface area contributed by atoms with Crippen molar-refractivity contribution in [2.75, 3.05) is 7.11 Å². The molecule has 2 aromatic heterocycles. The maximum atomic E-state index is 11.5. The number of hydrogen-bond donors (Lipinski definition) is 0. The van der Waals surface area contributed by atoms with Crippen LogP contribution >= 0.6 is 22.9 Å². The smallest absolute Gasteiger partial charge is 0.348 e. The average Bonchev–Trinajstić information content (AvgIpc) is 2.90. The Morgan fingerprint density at radius 2 is 2.11 bits per heavy atom. The molecule has 0 bridgehead atoms. The molecule has 1 aromatic carbocycles. The number of ether oxygens (including phenoxy) is 1. The molecule has 18 heavy (non-hydrogen) atoms. The quantitative estimate of drug-likeness (QED) is 0.634. The summed E-state index contributed by atoms with van der Waals surface area (Å²) >= 11 is 7.46. The Kier molecular flexibility index (Phi) is 2.57. The fourth-order valence-corrected chi connectivity index (χ4v) is 3.39. The third-order valence-electron chi connectivity index (χ3n) is 3.01. The summed E-state index contributed by atoms with van der Waals surface area (Å²) in [6.07, 6.45) is 0. The molecule has 0 N–H and O–H groups in total. The first-order valence-corrected chi connectivity index (χ1v) is 6.57. The van der Waals surface area contributed by atoms with Gasteiger partial charge in [0.25, 0.3) is 0 Å². The molecule has 0 aliphatic rings. The molecule has 0 unspecified atom stereocenters. The predicted octanol–water partition coefficient (Wildman–Crippen LogP) is 3.83. The Hall–Kier alpha value is -1.52. The van der Waals surface area contributed by atoms with Gasteiger partial charge in [0.1, 0.15) is 9.71 Å². The second-order valence-electron chi connectivity index (χ2n) is 4.04. The molecule has 0 aliphatic carbocycles. The van der Waals surface area contributed by atoms with Crippen LogP contribution in [0, 0.1) is 0 Å². The topological polar surface area (TPSA) is 31.2 Å². The summed E-state index contributed by atoms with van der Waals surface area (Å²) < 4.78 is 6.81. The number of aryl methyl sites for hydroxylation is 1. The van der Waals surface area contributed by atoms with Gasteiger partial charge in [-0.25, -0.2) is 4.79 Å². The third kappa shape index (κ3) is 1.53. The molecule has 0 fully saturated rings. The van der Waals surface area contributed by atoms with Gasteiger partial charge >= 0.3 is 5.97 Å². The highest BCUT2D eigenvalue weighted by Gasteiger charge is 2.16. The number of carbonyl (C=O) groups is 1.